The second kappa shape index (κ2) is 5.48. The number of rotatable bonds is 4. The molecule has 1 saturated heterocycles. The van der Waals surface area contributed by atoms with Crippen molar-refractivity contribution < 1.29 is 0 Å². The zero-order valence-corrected chi connectivity index (χ0v) is 10.4. The van der Waals surface area contributed by atoms with Crippen molar-refractivity contribution in [3.8, 4) is 6.07 Å². The predicted octanol–water partition coefficient (Wildman–Crippen LogP) is 2.22. The van der Waals surface area contributed by atoms with Crippen LogP contribution in [0.2, 0.25) is 5.15 Å². The van der Waals surface area contributed by atoms with E-state index in [1.54, 1.807) is 0 Å². The summed E-state index contributed by atoms with van der Waals surface area (Å²) in [5, 5.41) is 16.4. The van der Waals surface area contributed by atoms with E-state index in [9.17, 15) is 0 Å². The molecule has 0 bridgehead atoms. The Morgan fingerprint density at radius 1 is 1.69 bits per heavy atom. The largest absolute Gasteiger partial charge is 0.361 e. The molecule has 1 aromatic rings. The van der Waals surface area contributed by atoms with Crippen LogP contribution in [0.4, 0.5) is 5.13 Å². The van der Waals surface area contributed by atoms with Crippen LogP contribution in [-0.4, -0.2) is 24.1 Å². The lowest BCUT2D eigenvalue weighted by atomic mass is 10.2. The van der Waals surface area contributed by atoms with Gasteiger partial charge in [-0.3, -0.25) is 0 Å². The first-order valence-corrected chi connectivity index (χ1v) is 6.52. The minimum Gasteiger partial charge on any atom is -0.361 e. The van der Waals surface area contributed by atoms with E-state index in [4.69, 9.17) is 16.9 Å². The third kappa shape index (κ3) is 2.85. The van der Waals surface area contributed by atoms with E-state index >= 15 is 0 Å². The van der Waals surface area contributed by atoms with Crippen molar-refractivity contribution >= 4 is 28.1 Å². The lowest BCUT2D eigenvalue weighted by Gasteiger charge is -2.09. The van der Waals surface area contributed by atoms with Gasteiger partial charge in [-0.05, 0) is 25.8 Å². The standard InChI is InChI=1S/C10H13ClN4S/c11-9-8(6-12)16-10(15-9)14-5-3-7-2-1-4-13-7/h7,13H,1-5H2,(H,14,15)/t7-/m1/s1. The van der Waals surface area contributed by atoms with Gasteiger partial charge in [0.15, 0.2) is 10.3 Å². The summed E-state index contributed by atoms with van der Waals surface area (Å²) in [5.41, 5.74) is 0. The highest BCUT2D eigenvalue weighted by atomic mass is 35.5. The van der Waals surface area contributed by atoms with Gasteiger partial charge in [-0.25, -0.2) is 4.98 Å². The third-order valence-electron chi connectivity index (χ3n) is 2.62. The van der Waals surface area contributed by atoms with E-state index in [-0.39, 0.29) is 0 Å². The molecule has 0 unspecified atom stereocenters. The zero-order chi connectivity index (χ0) is 11.4. The highest BCUT2D eigenvalue weighted by Crippen LogP contribution is 2.25. The molecule has 4 nitrogen and oxygen atoms in total. The number of nitrogens with zero attached hydrogens (tertiary/aromatic N) is 2. The second-order valence-corrected chi connectivity index (χ2v) is 5.12. The number of anilines is 1. The van der Waals surface area contributed by atoms with Gasteiger partial charge in [0.05, 0.1) is 0 Å². The van der Waals surface area contributed by atoms with Crippen molar-refractivity contribution in [1.29, 1.82) is 5.26 Å². The van der Waals surface area contributed by atoms with Crippen LogP contribution >= 0.6 is 22.9 Å². The molecule has 2 rings (SSSR count). The fraction of sp³-hybridized carbons (Fsp3) is 0.600. The highest BCUT2D eigenvalue weighted by molar-refractivity contribution is 7.16. The summed E-state index contributed by atoms with van der Waals surface area (Å²) in [6.45, 7) is 2.00. The van der Waals surface area contributed by atoms with Gasteiger partial charge >= 0.3 is 0 Å². The number of aromatic nitrogens is 1. The molecule has 86 valence electrons. The monoisotopic (exact) mass is 256 g/mol. The Hall–Kier alpha value is -0.830. The number of thiazole rings is 1. The van der Waals surface area contributed by atoms with Crippen LogP contribution in [0.1, 0.15) is 24.1 Å². The molecule has 1 fully saturated rings. The number of nitriles is 1. The topological polar surface area (TPSA) is 60.7 Å². The van der Waals surface area contributed by atoms with Crippen LogP contribution in [0, 0.1) is 11.3 Å². The van der Waals surface area contributed by atoms with Crippen molar-refractivity contribution in [2.45, 2.75) is 25.3 Å². The number of nitrogens with one attached hydrogen (secondary N) is 2. The highest BCUT2D eigenvalue weighted by Gasteiger charge is 2.13. The van der Waals surface area contributed by atoms with Gasteiger partial charge in [-0.15, -0.1) is 0 Å². The SMILES string of the molecule is N#Cc1sc(NCC[C@H]2CCCN2)nc1Cl. The van der Waals surface area contributed by atoms with E-state index in [2.05, 4.69) is 15.6 Å². The first-order chi connectivity index (χ1) is 7.79. The molecule has 6 heteroatoms. The minimum absolute atomic E-state index is 0.300. The molecule has 1 aliphatic heterocycles. The second-order valence-electron chi connectivity index (χ2n) is 3.76. The molecule has 1 aromatic heterocycles. The van der Waals surface area contributed by atoms with Gasteiger partial charge in [0.1, 0.15) is 10.9 Å². The molecule has 2 heterocycles. The number of hydrogen-bond donors (Lipinski definition) is 2. The molecule has 16 heavy (non-hydrogen) atoms. The van der Waals surface area contributed by atoms with Gasteiger partial charge in [-0.1, -0.05) is 22.9 Å². The molecule has 0 aromatic carbocycles. The maximum atomic E-state index is 8.73. The van der Waals surface area contributed by atoms with Gasteiger partial charge in [0.2, 0.25) is 0 Å². The third-order valence-corrected chi connectivity index (χ3v) is 3.92. The Bertz CT molecular complexity index is 392. The van der Waals surface area contributed by atoms with Crippen molar-refractivity contribution in [3.05, 3.63) is 10.0 Å². The average molecular weight is 257 g/mol. The van der Waals surface area contributed by atoms with Crippen LogP contribution in [0.15, 0.2) is 0 Å². The zero-order valence-electron chi connectivity index (χ0n) is 8.79. The Balaban J connectivity index is 1.78. The fourth-order valence-corrected chi connectivity index (χ4v) is 2.78. The van der Waals surface area contributed by atoms with Gasteiger partial charge in [0, 0.05) is 12.6 Å². The summed E-state index contributed by atoms with van der Waals surface area (Å²) in [6.07, 6.45) is 3.61. The van der Waals surface area contributed by atoms with E-state index in [0.717, 1.165) is 24.6 Å². The molecule has 1 aliphatic rings. The quantitative estimate of drug-likeness (QED) is 0.867. The number of hydrogen-bond acceptors (Lipinski definition) is 5. The van der Waals surface area contributed by atoms with Crippen molar-refractivity contribution in [2.24, 2.45) is 0 Å². The van der Waals surface area contributed by atoms with E-state index < -0.39 is 0 Å². The molecule has 0 spiro atoms. The van der Waals surface area contributed by atoms with Crippen molar-refractivity contribution in [1.82, 2.24) is 10.3 Å². The molecule has 2 N–H and O–H groups in total. The van der Waals surface area contributed by atoms with E-state index in [0.29, 0.717) is 16.1 Å². The minimum atomic E-state index is 0.300. The van der Waals surface area contributed by atoms with Crippen molar-refractivity contribution in [2.75, 3.05) is 18.4 Å². The lowest BCUT2D eigenvalue weighted by molar-refractivity contribution is 0.574. The number of halogens is 1. The molecular formula is C10H13ClN4S. The molecule has 0 aliphatic carbocycles. The summed E-state index contributed by atoms with van der Waals surface area (Å²) < 4.78 is 0. The van der Waals surface area contributed by atoms with Crippen LogP contribution < -0.4 is 10.6 Å². The smallest absolute Gasteiger partial charge is 0.185 e. The molecule has 0 saturated carbocycles. The maximum absolute atomic E-state index is 8.73. The summed E-state index contributed by atoms with van der Waals surface area (Å²) in [5.74, 6) is 0. The summed E-state index contributed by atoms with van der Waals surface area (Å²) >= 11 is 7.08. The molecule has 0 radical (unpaired) electrons. The summed E-state index contributed by atoms with van der Waals surface area (Å²) in [7, 11) is 0. The first-order valence-electron chi connectivity index (χ1n) is 5.33. The van der Waals surface area contributed by atoms with Gasteiger partial charge in [0.25, 0.3) is 0 Å². The molecular weight excluding hydrogens is 244 g/mol. The van der Waals surface area contributed by atoms with Crippen LogP contribution in [0.3, 0.4) is 0 Å². The predicted molar refractivity (Wildman–Crippen MR) is 66.0 cm³/mol. The summed E-state index contributed by atoms with van der Waals surface area (Å²) in [4.78, 5) is 4.55. The Morgan fingerprint density at radius 2 is 2.56 bits per heavy atom. The Morgan fingerprint density at radius 3 is 3.19 bits per heavy atom. The maximum Gasteiger partial charge on any atom is 0.185 e. The van der Waals surface area contributed by atoms with Gasteiger partial charge < -0.3 is 10.6 Å². The van der Waals surface area contributed by atoms with Gasteiger partial charge in [-0.2, -0.15) is 5.26 Å². The van der Waals surface area contributed by atoms with E-state index in [1.165, 1.54) is 24.2 Å². The summed E-state index contributed by atoms with van der Waals surface area (Å²) in [6, 6.07) is 2.64. The van der Waals surface area contributed by atoms with Crippen LogP contribution in [-0.2, 0) is 0 Å². The molecule has 0 amide bonds. The molecule has 1 atom stereocenters. The normalized spacial score (nSPS) is 19.6. The fourth-order valence-electron chi connectivity index (χ4n) is 1.80. The van der Waals surface area contributed by atoms with Crippen molar-refractivity contribution in [3.63, 3.8) is 0 Å². The van der Waals surface area contributed by atoms with Crippen LogP contribution in [0.25, 0.3) is 0 Å². The van der Waals surface area contributed by atoms with Crippen LogP contribution in [0.5, 0.6) is 0 Å². The van der Waals surface area contributed by atoms with E-state index in [1.807, 2.05) is 6.07 Å². The Labute approximate surface area is 104 Å². The lowest BCUT2D eigenvalue weighted by Crippen LogP contribution is -2.23. The first kappa shape index (κ1) is 11.6. The average Bonchev–Trinajstić information content (AvgIpc) is 2.88. The Kier molecular flexibility index (Phi) is 3.99.